The topological polar surface area (TPSA) is 75.4 Å². The van der Waals surface area contributed by atoms with Crippen LogP contribution in [0.25, 0.3) is 0 Å². The molecule has 1 aliphatic heterocycles. The Morgan fingerprint density at radius 2 is 1.95 bits per heavy atom. The SMILES string of the molecule is Cc1ccc(N)cc1S(=O)(=O)NC(C)CN1CCCCC1. The summed E-state index contributed by atoms with van der Waals surface area (Å²) in [4.78, 5) is 2.59. The van der Waals surface area contributed by atoms with E-state index in [1.165, 1.54) is 25.3 Å². The van der Waals surface area contributed by atoms with E-state index in [1.54, 1.807) is 19.1 Å². The second-order valence-corrected chi connectivity index (χ2v) is 7.59. The molecule has 2 rings (SSSR count). The van der Waals surface area contributed by atoms with E-state index in [-0.39, 0.29) is 10.9 Å². The van der Waals surface area contributed by atoms with Crippen LogP contribution in [0.4, 0.5) is 5.69 Å². The van der Waals surface area contributed by atoms with Gasteiger partial charge in [-0.1, -0.05) is 12.5 Å². The van der Waals surface area contributed by atoms with Crippen LogP contribution in [0.5, 0.6) is 0 Å². The second-order valence-electron chi connectivity index (χ2n) is 5.91. The molecule has 0 spiro atoms. The van der Waals surface area contributed by atoms with Crippen LogP contribution in [0.3, 0.4) is 0 Å². The Bertz CT molecular complexity index is 581. The minimum Gasteiger partial charge on any atom is -0.399 e. The fraction of sp³-hybridized carbons (Fsp3) is 0.600. The van der Waals surface area contributed by atoms with Gasteiger partial charge in [0.1, 0.15) is 0 Å². The molecule has 0 aromatic heterocycles. The van der Waals surface area contributed by atoms with Crippen LogP contribution >= 0.6 is 0 Å². The third-order valence-electron chi connectivity index (χ3n) is 3.84. The Morgan fingerprint density at radius 1 is 1.29 bits per heavy atom. The summed E-state index contributed by atoms with van der Waals surface area (Å²) in [5, 5.41) is 0. The van der Waals surface area contributed by atoms with Gasteiger partial charge in [-0.15, -0.1) is 0 Å². The van der Waals surface area contributed by atoms with Crippen molar-refractivity contribution in [1.29, 1.82) is 0 Å². The van der Waals surface area contributed by atoms with Crippen molar-refractivity contribution in [2.75, 3.05) is 25.4 Å². The highest BCUT2D eigenvalue weighted by Gasteiger charge is 2.21. The number of aryl methyl sites for hydroxylation is 1. The Balaban J connectivity index is 2.04. The van der Waals surface area contributed by atoms with Crippen molar-refractivity contribution < 1.29 is 8.42 Å². The van der Waals surface area contributed by atoms with E-state index in [4.69, 9.17) is 5.73 Å². The standard InChI is InChI=1S/C15H25N3O2S/c1-12-6-7-14(16)10-15(12)21(19,20)17-13(2)11-18-8-4-3-5-9-18/h6-7,10,13,17H,3-5,8-9,11,16H2,1-2H3. The van der Waals surface area contributed by atoms with Gasteiger partial charge in [-0.2, -0.15) is 0 Å². The molecule has 1 atom stereocenters. The number of nitrogens with two attached hydrogens (primary N) is 1. The van der Waals surface area contributed by atoms with E-state index in [0.717, 1.165) is 19.6 Å². The number of anilines is 1. The van der Waals surface area contributed by atoms with Gasteiger partial charge in [0.05, 0.1) is 4.90 Å². The zero-order valence-electron chi connectivity index (χ0n) is 12.8. The molecule has 1 saturated heterocycles. The van der Waals surface area contributed by atoms with Gasteiger partial charge in [-0.3, -0.25) is 0 Å². The predicted molar refractivity (Wildman–Crippen MR) is 85.7 cm³/mol. The highest BCUT2D eigenvalue weighted by molar-refractivity contribution is 7.89. The molecule has 1 fully saturated rings. The predicted octanol–water partition coefficient (Wildman–Crippen LogP) is 1.73. The first-order valence-corrected chi connectivity index (χ1v) is 8.97. The molecule has 1 unspecified atom stereocenters. The molecule has 5 nitrogen and oxygen atoms in total. The molecule has 0 saturated carbocycles. The number of nitrogens with one attached hydrogen (secondary N) is 1. The molecule has 0 amide bonds. The first kappa shape index (κ1) is 16.3. The van der Waals surface area contributed by atoms with Gasteiger partial charge < -0.3 is 10.6 Å². The minimum atomic E-state index is -3.52. The lowest BCUT2D eigenvalue weighted by Gasteiger charge is -2.29. The van der Waals surface area contributed by atoms with Crippen LogP contribution in [-0.2, 0) is 10.0 Å². The maximum atomic E-state index is 12.5. The number of rotatable bonds is 5. The Hall–Kier alpha value is -1.11. The van der Waals surface area contributed by atoms with E-state index >= 15 is 0 Å². The Kier molecular flexibility index (Phi) is 5.24. The van der Waals surface area contributed by atoms with Gasteiger partial charge in [0.25, 0.3) is 0 Å². The van der Waals surface area contributed by atoms with Crippen LogP contribution in [0.1, 0.15) is 31.7 Å². The lowest BCUT2D eigenvalue weighted by Crippen LogP contribution is -2.43. The fourth-order valence-corrected chi connectivity index (χ4v) is 4.32. The van der Waals surface area contributed by atoms with Gasteiger partial charge in [0, 0.05) is 18.3 Å². The molecule has 0 radical (unpaired) electrons. The molecule has 1 aromatic carbocycles. The summed E-state index contributed by atoms with van der Waals surface area (Å²) in [6, 6.07) is 4.85. The molecular formula is C15H25N3O2S. The monoisotopic (exact) mass is 311 g/mol. The van der Waals surface area contributed by atoms with Gasteiger partial charge in [0.15, 0.2) is 0 Å². The van der Waals surface area contributed by atoms with Crippen LogP contribution in [-0.4, -0.2) is 39.0 Å². The maximum Gasteiger partial charge on any atom is 0.241 e. The lowest BCUT2D eigenvalue weighted by molar-refractivity contribution is 0.215. The van der Waals surface area contributed by atoms with Crippen molar-refractivity contribution in [3.8, 4) is 0 Å². The summed E-state index contributed by atoms with van der Waals surface area (Å²) >= 11 is 0. The van der Waals surface area contributed by atoms with Crippen molar-refractivity contribution >= 4 is 15.7 Å². The van der Waals surface area contributed by atoms with Crippen LogP contribution in [0, 0.1) is 6.92 Å². The summed E-state index contributed by atoms with van der Waals surface area (Å²) in [5.41, 5.74) is 6.88. The number of nitrogen functional groups attached to an aromatic ring is 1. The first-order chi connectivity index (χ1) is 9.88. The van der Waals surface area contributed by atoms with Gasteiger partial charge >= 0.3 is 0 Å². The molecule has 6 heteroatoms. The van der Waals surface area contributed by atoms with Crippen molar-refractivity contribution in [1.82, 2.24) is 9.62 Å². The highest BCUT2D eigenvalue weighted by Crippen LogP contribution is 2.18. The number of sulfonamides is 1. The zero-order chi connectivity index (χ0) is 15.5. The number of nitrogens with zero attached hydrogens (tertiary/aromatic N) is 1. The number of benzene rings is 1. The normalized spacial score (nSPS) is 18.6. The van der Waals surface area contributed by atoms with E-state index in [2.05, 4.69) is 9.62 Å². The second kappa shape index (κ2) is 6.77. The zero-order valence-corrected chi connectivity index (χ0v) is 13.6. The summed E-state index contributed by atoms with van der Waals surface area (Å²) in [6.07, 6.45) is 3.68. The quantitative estimate of drug-likeness (QED) is 0.812. The minimum absolute atomic E-state index is 0.117. The molecule has 1 aromatic rings. The van der Waals surface area contributed by atoms with Crippen LogP contribution in [0.15, 0.2) is 23.1 Å². The molecule has 0 bridgehead atoms. The lowest BCUT2D eigenvalue weighted by atomic mass is 10.1. The van der Waals surface area contributed by atoms with Gasteiger partial charge in [0.2, 0.25) is 10.0 Å². The van der Waals surface area contributed by atoms with Crippen molar-refractivity contribution in [2.24, 2.45) is 0 Å². The molecule has 21 heavy (non-hydrogen) atoms. The molecule has 118 valence electrons. The fourth-order valence-electron chi connectivity index (χ4n) is 2.80. The van der Waals surface area contributed by atoms with E-state index in [1.807, 2.05) is 6.92 Å². The molecule has 0 aliphatic carbocycles. The summed E-state index contributed by atoms with van der Waals surface area (Å²) in [7, 11) is -3.52. The van der Waals surface area contributed by atoms with Crippen molar-refractivity contribution in [3.63, 3.8) is 0 Å². The van der Waals surface area contributed by atoms with Crippen molar-refractivity contribution in [2.45, 2.75) is 44.0 Å². The number of likely N-dealkylation sites (tertiary alicyclic amines) is 1. The van der Waals surface area contributed by atoms with E-state index in [0.29, 0.717) is 11.3 Å². The highest BCUT2D eigenvalue weighted by atomic mass is 32.2. The summed E-state index contributed by atoms with van der Waals surface area (Å²) in [5.74, 6) is 0. The summed E-state index contributed by atoms with van der Waals surface area (Å²) < 4.78 is 27.7. The van der Waals surface area contributed by atoms with Crippen LogP contribution < -0.4 is 10.5 Å². The Labute approximate surface area is 127 Å². The molecule has 3 N–H and O–H groups in total. The summed E-state index contributed by atoms with van der Waals surface area (Å²) in [6.45, 7) is 6.56. The van der Waals surface area contributed by atoms with E-state index in [9.17, 15) is 8.42 Å². The number of piperidine rings is 1. The van der Waals surface area contributed by atoms with Crippen molar-refractivity contribution in [3.05, 3.63) is 23.8 Å². The molecular weight excluding hydrogens is 286 g/mol. The third-order valence-corrected chi connectivity index (χ3v) is 5.57. The average Bonchev–Trinajstić information content (AvgIpc) is 2.41. The van der Waals surface area contributed by atoms with Crippen LogP contribution in [0.2, 0.25) is 0 Å². The van der Waals surface area contributed by atoms with Gasteiger partial charge in [-0.25, -0.2) is 13.1 Å². The Morgan fingerprint density at radius 3 is 2.62 bits per heavy atom. The number of hydrogen-bond acceptors (Lipinski definition) is 4. The first-order valence-electron chi connectivity index (χ1n) is 7.49. The smallest absolute Gasteiger partial charge is 0.241 e. The molecule has 1 heterocycles. The van der Waals surface area contributed by atoms with Gasteiger partial charge in [-0.05, 0) is 57.5 Å². The third kappa shape index (κ3) is 4.43. The maximum absolute atomic E-state index is 12.5. The average molecular weight is 311 g/mol. The van der Waals surface area contributed by atoms with E-state index < -0.39 is 10.0 Å². The largest absolute Gasteiger partial charge is 0.399 e. The number of hydrogen-bond donors (Lipinski definition) is 2. The molecule has 1 aliphatic rings.